The summed E-state index contributed by atoms with van der Waals surface area (Å²) in [5.41, 5.74) is 2.76. The minimum Gasteiger partial charge on any atom is -0.337 e. The van der Waals surface area contributed by atoms with Crippen molar-refractivity contribution in [2.24, 2.45) is 0 Å². The number of carbonyl (C=O) groups is 1. The van der Waals surface area contributed by atoms with Gasteiger partial charge >= 0.3 is 0 Å². The van der Waals surface area contributed by atoms with Crippen molar-refractivity contribution in [2.45, 2.75) is 18.4 Å². The van der Waals surface area contributed by atoms with Crippen molar-refractivity contribution >= 4 is 33.2 Å². The molecule has 0 aromatic heterocycles. The summed E-state index contributed by atoms with van der Waals surface area (Å²) in [4.78, 5) is 14.7. The Balaban J connectivity index is 1.81. The first-order valence-corrected chi connectivity index (χ1v) is 11.2. The summed E-state index contributed by atoms with van der Waals surface area (Å²) in [5.74, 6) is -0.201. The largest absolute Gasteiger partial charge is 0.337 e. The van der Waals surface area contributed by atoms with Crippen LogP contribution in [0, 0.1) is 6.92 Å². The Labute approximate surface area is 182 Å². The van der Waals surface area contributed by atoms with Crippen LogP contribution in [0.25, 0.3) is 0 Å². The molecule has 5 nitrogen and oxygen atoms in total. The molecule has 3 aromatic rings. The van der Waals surface area contributed by atoms with E-state index in [4.69, 9.17) is 11.6 Å². The summed E-state index contributed by atoms with van der Waals surface area (Å²) in [5, 5.41) is 0.637. The molecule has 0 N–H and O–H groups in total. The molecule has 3 aromatic carbocycles. The molecule has 0 fully saturated rings. The Morgan fingerprint density at radius 2 is 1.57 bits per heavy atom. The lowest BCUT2D eigenvalue weighted by molar-refractivity contribution is 0.0785. The molecule has 7 heteroatoms. The molecule has 0 saturated heterocycles. The van der Waals surface area contributed by atoms with Gasteiger partial charge in [-0.25, -0.2) is 8.42 Å². The van der Waals surface area contributed by atoms with Crippen molar-refractivity contribution in [3.63, 3.8) is 0 Å². The van der Waals surface area contributed by atoms with Gasteiger partial charge in [-0.3, -0.25) is 9.10 Å². The predicted molar refractivity (Wildman–Crippen MR) is 120 cm³/mol. The first kappa shape index (κ1) is 21.9. The molecule has 0 aliphatic rings. The van der Waals surface area contributed by atoms with Gasteiger partial charge in [-0.2, -0.15) is 0 Å². The fourth-order valence-electron chi connectivity index (χ4n) is 3.00. The number of hydrogen-bond acceptors (Lipinski definition) is 3. The van der Waals surface area contributed by atoms with E-state index in [0.717, 1.165) is 11.1 Å². The molecule has 0 saturated carbocycles. The quantitative estimate of drug-likeness (QED) is 0.553. The van der Waals surface area contributed by atoms with E-state index in [2.05, 4.69) is 0 Å². The number of aryl methyl sites for hydroxylation is 1. The number of carbonyl (C=O) groups excluding carboxylic acids is 1. The highest BCUT2D eigenvalue weighted by Crippen LogP contribution is 2.24. The van der Waals surface area contributed by atoms with Crippen LogP contribution in [0.15, 0.2) is 77.7 Å². The lowest BCUT2D eigenvalue weighted by atomic mass is 10.1. The Morgan fingerprint density at radius 1 is 0.933 bits per heavy atom. The minimum atomic E-state index is -3.73. The summed E-state index contributed by atoms with van der Waals surface area (Å²) >= 11 is 5.91. The normalized spacial score (nSPS) is 11.2. The number of amides is 1. The van der Waals surface area contributed by atoms with Crippen molar-refractivity contribution in [1.29, 1.82) is 0 Å². The highest BCUT2D eigenvalue weighted by Gasteiger charge is 2.22. The van der Waals surface area contributed by atoms with E-state index in [9.17, 15) is 13.2 Å². The summed E-state index contributed by atoms with van der Waals surface area (Å²) in [6.45, 7) is 2.31. The third-order valence-corrected chi connectivity index (χ3v) is 6.87. The maximum atomic E-state index is 12.9. The number of anilines is 1. The van der Waals surface area contributed by atoms with Gasteiger partial charge in [-0.15, -0.1) is 0 Å². The van der Waals surface area contributed by atoms with Crippen LogP contribution in [0.2, 0.25) is 5.02 Å². The smallest absolute Gasteiger partial charge is 0.264 e. The third kappa shape index (κ3) is 4.83. The zero-order valence-corrected chi connectivity index (χ0v) is 18.6. The van der Waals surface area contributed by atoms with Gasteiger partial charge in [-0.05, 0) is 55.0 Å². The monoisotopic (exact) mass is 442 g/mol. The van der Waals surface area contributed by atoms with Crippen LogP contribution in [0.1, 0.15) is 21.5 Å². The number of nitrogens with zero attached hydrogens (tertiary/aromatic N) is 2. The Bertz CT molecular complexity index is 1140. The molecular formula is C23H23ClN2O3S. The summed E-state index contributed by atoms with van der Waals surface area (Å²) in [6, 6.07) is 20.6. The van der Waals surface area contributed by atoms with Crippen molar-refractivity contribution < 1.29 is 13.2 Å². The molecule has 0 atom stereocenters. The Kier molecular flexibility index (Phi) is 6.48. The van der Waals surface area contributed by atoms with Crippen molar-refractivity contribution in [3.8, 4) is 0 Å². The number of hydrogen-bond donors (Lipinski definition) is 0. The van der Waals surface area contributed by atoms with Gasteiger partial charge < -0.3 is 4.90 Å². The van der Waals surface area contributed by atoms with Crippen LogP contribution in [0.3, 0.4) is 0 Å². The third-order valence-electron chi connectivity index (χ3n) is 4.82. The van der Waals surface area contributed by atoms with Gasteiger partial charge in [-0.1, -0.05) is 47.5 Å². The highest BCUT2D eigenvalue weighted by atomic mass is 35.5. The Hall–Kier alpha value is -2.83. The molecule has 1 amide bonds. The zero-order chi connectivity index (χ0) is 21.9. The van der Waals surface area contributed by atoms with E-state index < -0.39 is 10.0 Å². The molecule has 0 radical (unpaired) electrons. The second-order valence-electron chi connectivity index (χ2n) is 7.12. The van der Waals surface area contributed by atoms with E-state index in [1.165, 1.54) is 11.4 Å². The van der Waals surface area contributed by atoms with E-state index in [1.807, 2.05) is 19.1 Å². The van der Waals surface area contributed by atoms with Gasteiger partial charge in [0.25, 0.3) is 15.9 Å². The van der Waals surface area contributed by atoms with Crippen LogP contribution in [0.5, 0.6) is 0 Å². The average Bonchev–Trinajstić information content (AvgIpc) is 2.74. The first-order valence-electron chi connectivity index (χ1n) is 9.34. The summed E-state index contributed by atoms with van der Waals surface area (Å²) < 4.78 is 27.1. The minimum absolute atomic E-state index is 0.201. The second-order valence-corrected chi connectivity index (χ2v) is 9.53. The van der Waals surface area contributed by atoms with Gasteiger partial charge in [0.1, 0.15) is 0 Å². The lowest BCUT2D eigenvalue weighted by Gasteiger charge is -2.22. The highest BCUT2D eigenvalue weighted by molar-refractivity contribution is 7.92. The number of benzene rings is 3. The lowest BCUT2D eigenvalue weighted by Crippen LogP contribution is -2.28. The Morgan fingerprint density at radius 3 is 2.20 bits per heavy atom. The molecule has 0 bridgehead atoms. The molecule has 0 aliphatic carbocycles. The van der Waals surface area contributed by atoms with Gasteiger partial charge in [0, 0.05) is 31.2 Å². The van der Waals surface area contributed by atoms with E-state index in [1.54, 1.807) is 72.6 Å². The van der Waals surface area contributed by atoms with Crippen LogP contribution in [-0.4, -0.2) is 33.3 Å². The van der Waals surface area contributed by atoms with Gasteiger partial charge in [0.15, 0.2) is 0 Å². The van der Waals surface area contributed by atoms with Crippen molar-refractivity contribution in [3.05, 3.63) is 94.5 Å². The molecule has 156 valence electrons. The van der Waals surface area contributed by atoms with Crippen LogP contribution >= 0.6 is 11.6 Å². The molecule has 3 rings (SSSR count). The SMILES string of the molecule is Cc1ccc(S(=O)(=O)N(C)c2cccc(C(=O)N(C)Cc3ccc(Cl)cc3)c2)cc1. The maximum absolute atomic E-state index is 12.9. The second kappa shape index (κ2) is 8.90. The first-order chi connectivity index (χ1) is 14.2. The molecule has 0 aliphatic heterocycles. The average molecular weight is 443 g/mol. The molecule has 0 unspecified atom stereocenters. The number of halogens is 1. The fraction of sp³-hybridized carbons (Fsp3) is 0.174. The standard InChI is InChI=1S/C23H23ClN2O3S/c1-17-7-13-22(14-8-17)30(28,29)26(3)21-6-4-5-19(15-21)23(27)25(2)16-18-9-11-20(24)12-10-18/h4-15H,16H2,1-3H3. The van der Waals surface area contributed by atoms with Gasteiger partial charge in [0.2, 0.25) is 0 Å². The van der Waals surface area contributed by atoms with Gasteiger partial charge in [0.05, 0.1) is 10.6 Å². The van der Waals surface area contributed by atoms with Crippen LogP contribution < -0.4 is 4.31 Å². The van der Waals surface area contributed by atoms with Crippen LogP contribution in [-0.2, 0) is 16.6 Å². The maximum Gasteiger partial charge on any atom is 0.264 e. The van der Waals surface area contributed by atoms with Crippen LogP contribution in [0.4, 0.5) is 5.69 Å². The molecule has 0 spiro atoms. The number of rotatable bonds is 6. The molecule has 0 heterocycles. The predicted octanol–water partition coefficient (Wildman–Crippen LogP) is 4.75. The number of sulfonamides is 1. The van der Waals surface area contributed by atoms with E-state index >= 15 is 0 Å². The zero-order valence-electron chi connectivity index (χ0n) is 17.0. The molecule has 30 heavy (non-hydrogen) atoms. The summed E-state index contributed by atoms with van der Waals surface area (Å²) in [7, 11) is -0.541. The van der Waals surface area contributed by atoms with E-state index in [-0.39, 0.29) is 10.8 Å². The fourth-order valence-corrected chi connectivity index (χ4v) is 4.31. The topological polar surface area (TPSA) is 57.7 Å². The summed E-state index contributed by atoms with van der Waals surface area (Å²) in [6.07, 6.45) is 0. The molecular weight excluding hydrogens is 420 g/mol. The van der Waals surface area contributed by atoms with Crippen molar-refractivity contribution in [2.75, 3.05) is 18.4 Å². The van der Waals surface area contributed by atoms with Crippen molar-refractivity contribution in [1.82, 2.24) is 4.90 Å². The van der Waals surface area contributed by atoms with E-state index in [0.29, 0.717) is 22.8 Å².